The Balaban J connectivity index is 2.39. The van der Waals surface area contributed by atoms with Crippen LogP contribution in [0.2, 0.25) is 0 Å². The maximum absolute atomic E-state index is 12.7. The first-order valence-electron chi connectivity index (χ1n) is 7.54. The number of hydrogen-bond donors (Lipinski definition) is 1. The van der Waals surface area contributed by atoms with Gasteiger partial charge in [-0.3, -0.25) is 0 Å². The lowest BCUT2D eigenvalue weighted by molar-refractivity contribution is 0.384. The van der Waals surface area contributed by atoms with Gasteiger partial charge in [0.05, 0.1) is 30.2 Å². The number of ether oxygens (including phenoxy) is 2. The van der Waals surface area contributed by atoms with Gasteiger partial charge in [0.1, 0.15) is 17.6 Å². The second kappa shape index (κ2) is 7.55. The number of aryl methyl sites for hydroxylation is 2. The van der Waals surface area contributed by atoms with Crippen LogP contribution >= 0.6 is 0 Å². The van der Waals surface area contributed by atoms with Crippen LogP contribution in [0, 0.1) is 25.2 Å². The van der Waals surface area contributed by atoms with Gasteiger partial charge in [-0.25, -0.2) is 13.1 Å². The van der Waals surface area contributed by atoms with E-state index in [4.69, 9.17) is 9.47 Å². The smallest absolute Gasteiger partial charge is 0.242 e. The topological polar surface area (TPSA) is 88.4 Å². The van der Waals surface area contributed by atoms with Crippen molar-refractivity contribution in [3.63, 3.8) is 0 Å². The summed E-state index contributed by atoms with van der Waals surface area (Å²) < 4.78 is 38.5. The molecule has 1 N–H and O–H groups in total. The van der Waals surface area contributed by atoms with E-state index in [0.717, 1.165) is 11.1 Å². The van der Waals surface area contributed by atoms with Crippen molar-refractivity contribution in [1.82, 2.24) is 4.72 Å². The fraction of sp³-hybridized carbons (Fsp3) is 0.278. The minimum Gasteiger partial charge on any atom is -0.496 e. The number of hydrogen-bond acceptors (Lipinski definition) is 5. The Morgan fingerprint density at radius 2 is 1.64 bits per heavy atom. The first kappa shape index (κ1) is 18.8. The van der Waals surface area contributed by atoms with Gasteiger partial charge >= 0.3 is 0 Å². The molecule has 0 atom stereocenters. The number of nitrogens with zero attached hydrogens (tertiary/aromatic N) is 1. The van der Waals surface area contributed by atoms with Crippen LogP contribution in [-0.4, -0.2) is 22.6 Å². The maximum atomic E-state index is 12.7. The molecular formula is C18H20N2O4S. The highest BCUT2D eigenvalue weighted by Gasteiger charge is 2.21. The third kappa shape index (κ3) is 4.10. The molecule has 6 nitrogen and oxygen atoms in total. The van der Waals surface area contributed by atoms with Crippen LogP contribution < -0.4 is 14.2 Å². The van der Waals surface area contributed by atoms with E-state index in [-0.39, 0.29) is 17.0 Å². The Bertz CT molecular complexity index is 906. The average Bonchev–Trinajstić information content (AvgIpc) is 2.59. The van der Waals surface area contributed by atoms with E-state index in [9.17, 15) is 13.7 Å². The van der Waals surface area contributed by atoms with Gasteiger partial charge in [-0.1, -0.05) is 6.07 Å². The van der Waals surface area contributed by atoms with Gasteiger partial charge in [0.15, 0.2) is 0 Å². The molecule has 0 unspecified atom stereocenters. The second-order valence-corrected chi connectivity index (χ2v) is 7.32. The molecule has 2 rings (SSSR count). The Morgan fingerprint density at radius 3 is 2.16 bits per heavy atom. The summed E-state index contributed by atoms with van der Waals surface area (Å²) in [5.41, 5.74) is 2.38. The van der Waals surface area contributed by atoms with E-state index >= 15 is 0 Å². The summed E-state index contributed by atoms with van der Waals surface area (Å²) in [5.74, 6) is 1.06. The molecule has 132 valence electrons. The summed E-state index contributed by atoms with van der Waals surface area (Å²) in [4.78, 5) is -0.0416. The highest BCUT2D eigenvalue weighted by atomic mass is 32.2. The van der Waals surface area contributed by atoms with E-state index in [2.05, 4.69) is 4.72 Å². The molecule has 0 amide bonds. The van der Waals surface area contributed by atoms with Gasteiger partial charge < -0.3 is 9.47 Å². The molecule has 0 fully saturated rings. The number of nitrogens with one attached hydrogen (secondary N) is 1. The van der Waals surface area contributed by atoms with Gasteiger partial charge in [0.25, 0.3) is 0 Å². The van der Waals surface area contributed by atoms with E-state index in [0.29, 0.717) is 17.1 Å². The van der Waals surface area contributed by atoms with E-state index in [1.165, 1.54) is 26.4 Å². The SMILES string of the molecule is COc1cc(C)cc(OC)c1CNS(=O)(=O)c1cc(C)ccc1C#N. The summed E-state index contributed by atoms with van der Waals surface area (Å²) in [6.07, 6.45) is 0. The van der Waals surface area contributed by atoms with Crippen molar-refractivity contribution in [3.05, 3.63) is 52.6 Å². The third-order valence-corrected chi connectivity index (χ3v) is 5.18. The molecule has 0 saturated carbocycles. The Hall–Kier alpha value is -2.56. The predicted molar refractivity (Wildman–Crippen MR) is 94.2 cm³/mol. The third-order valence-electron chi connectivity index (χ3n) is 3.74. The monoisotopic (exact) mass is 360 g/mol. The first-order chi connectivity index (χ1) is 11.8. The van der Waals surface area contributed by atoms with Gasteiger partial charge in [-0.05, 0) is 49.2 Å². The van der Waals surface area contributed by atoms with Crippen LogP contribution in [0.25, 0.3) is 0 Å². The van der Waals surface area contributed by atoms with Crippen LogP contribution in [0.5, 0.6) is 11.5 Å². The Morgan fingerprint density at radius 1 is 1.04 bits per heavy atom. The molecule has 2 aromatic rings. The molecule has 0 aliphatic carbocycles. The molecule has 0 saturated heterocycles. The fourth-order valence-corrected chi connectivity index (χ4v) is 3.71. The minimum atomic E-state index is -3.87. The van der Waals surface area contributed by atoms with E-state index < -0.39 is 10.0 Å². The number of nitriles is 1. The van der Waals surface area contributed by atoms with Crippen molar-refractivity contribution < 1.29 is 17.9 Å². The summed E-state index contributed by atoms with van der Waals surface area (Å²) in [7, 11) is -0.839. The highest BCUT2D eigenvalue weighted by molar-refractivity contribution is 7.89. The quantitative estimate of drug-likeness (QED) is 0.855. The van der Waals surface area contributed by atoms with E-state index in [1.807, 2.05) is 13.0 Å². The zero-order valence-electron chi connectivity index (χ0n) is 14.6. The summed E-state index contributed by atoms with van der Waals surface area (Å²) in [6, 6.07) is 10.2. The molecular weight excluding hydrogens is 340 g/mol. The predicted octanol–water partition coefficient (Wildman–Crippen LogP) is 2.67. The van der Waals surface area contributed by atoms with Crippen molar-refractivity contribution in [1.29, 1.82) is 5.26 Å². The lowest BCUT2D eigenvalue weighted by Gasteiger charge is -2.15. The Kier molecular flexibility index (Phi) is 5.67. The fourth-order valence-electron chi connectivity index (χ4n) is 2.48. The standard InChI is InChI=1S/C18H20N2O4S/c1-12-5-6-14(10-19)18(9-12)25(21,22)20-11-15-16(23-3)7-13(2)8-17(15)24-4/h5-9,20H,11H2,1-4H3. The molecule has 25 heavy (non-hydrogen) atoms. The van der Waals surface area contributed by atoms with Crippen molar-refractivity contribution in [3.8, 4) is 17.6 Å². The van der Waals surface area contributed by atoms with E-state index in [1.54, 1.807) is 25.1 Å². The van der Waals surface area contributed by atoms with Crippen LogP contribution in [0.1, 0.15) is 22.3 Å². The van der Waals surface area contributed by atoms with Crippen molar-refractivity contribution in [2.75, 3.05) is 14.2 Å². The van der Waals surface area contributed by atoms with Crippen LogP contribution in [0.4, 0.5) is 0 Å². The summed E-state index contributed by atoms with van der Waals surface area (Å²) >= 11 is 0. The zero-order chi connectivity index (χ0) is 18.6. The number of methoxy groups -OCH3 is 2. The van der Waals surface area contributed by atoms with Gasteiger partial charge in [0.2, 0.25) is 10.0 Å². The molecule has 0 aliphatic rings. The minimum absolute atomic E-state index is 0.0201. The van der Waals surface area contributed by atoms with Gasteiger partial charge in [-0.2, -0.15) is 5.26 Å². The van der Waals surface area contributed by atoms with Crippen molar-refractivity contribution in [2.24, 2.45) is 0 Å². The van der Waals surface area contributed by atoms with Crippen LogP contribution in [0.3, 0.4) is 0 Å². The maximum Gasteiger partial charge on any atom is 0.242 e. The highest BCUT2D eigenvalue weighted by Crippen LogP contribution is 2.30. The normalized spacial score (nSPS) is 11.0. The van der Waals surface area contributed by atoms with Crippen molar-refractivity contribution in [2.45, 2.75) is 25.3 Å². The van der Waals surface area contributed by atoms with Crippen LogP contribution in [-0.2, 0) is 16.6 Å². The molecule has 0 spiro atoms. The zero-order valence-corrected chi connectivity index (χ0v) is 15.4. The molecule has 2 aromatic carbocycles. The summed E-state index contributed by atoms with van der Waals surface area (Å²) in [6.45, 7) is 3.64. The largest absolute Gasteiger partial charge is 0.496 e. The molecule has 0 aliphatic heterocycles. The lowest BCUT2D eigenvalue weighted by atomic mass is 10.1. The number of benzene rings is 2. The Labute approximate surface area is 148 Å². The summed E-state index contributed by atoms with van der Waals surface area (Å²) in [5, 5.41) is 9.17. The molecule has 0 heterocycles. The molecule has 0 aromatic heterocycles. The molecule has 7 heteroatoms. The number of rotatable bonds is 6. The van der Waals surface area contributed by atoms with Gasteiger partial charge in [0, 0.05) is 6.54 Å². The molecule has 0 radical (unpaired) electrons. The molecule has 0 bridgehead atoms. The van der Waals surface area contributed by atoms with Crippen molar-refractivity contribution >= 4 is 10.0 Å². The number of sulfonamides is 1. The first-order valence-corrected chi connectivity index (χ1v) is 9.02. The van der Waals surface area contributed by atoms with Gasteiger partial charge in [-0.15, -0.1) is 0 Å². The second-order valence-electron chi connectivity index (χ2n) is 5.58. The van der Waals surface area contributed by atoms with Crippen LogP contribution in [0.15, 0.2) is 35.2 Å². The average molecular weight is 360 g/mol. The lowest BCUT2D eigenvalue weighted by Crippen LogP contribution is -2.24.